The highest BCUT2D eigenvalue weighted by atomic mass is 31.2. The summed E-state index contributed by atoms with van der Waals surface area (Å²) in [7, 11) is -7.11. The number of hydrogen-bond acceptors (Lipinski definition) is 8. The zero-order valence-electron chi connectivity index (χ0n) is 15.9. The molecule has 0 N–H and O–H groups in total. The quantitative estimate of drug-likeness (QED) is 0.224. The standard InChI is InChI=1S/C15H34O8P2/c1-5-10-18-24(16,19-11-6-2)22-14-9-15-23-25(17,20-12-7-3)21-13-8-4/h5-15H2,1-4H3. The van der Waals surface area contributed by atoms with E-state index in [-0.39, 0.29) is 13.2 Å². The summed E-state index contributed by atoms with van der Waals surface area (Å²) in [6, 6.07) is 0. The maximum Gasteiger partial charge on any atom is 0.474 e. The molecule has 0 amide bonds. The van der Waals surface area contributed by atoms with E-state index in [1.165, 1.54) is 0 Å². The van der Waals surface area contributed by atoms with E-state index in [2.05, 4.69) is 0 Å². The zero-order chi connectivity index (χ0) is 19.0. The van der Waals surface area contributed by atoms with Gasteiger partial charge in [-0.3, -0.25) is 27.1 Å². The van der Waals surface area contributed by atoms with Gasteiger partial charge in [0, 0.05) is 0 Å². The van der Waals surface area contributed by atoms with Crippen molar-refractivity contribution in [2.75, 3.05) is 39.6 Å². The van der Waals surface area contributed by atoms with Gasteiger partial charge in [0.2, 0.25) is 0 Å². The number of rotatable bonds is 18. The topological polar surface area (TPSA) is 89.5 Å². The Kier molecular flexibility index (Phi) is 15.4. The van der Waals surface area contributed by atoms with Gasteiger partial charge in [-0.15, -0.1) is 0 Å². The average Bonchev–Trinajstić information content (AvgIpc) is 2.61. The van der Waals surface area contributed by atoms with Crippen LogP contribution in [0.1, 0.15) is 59.8 Å². The predicted octanol–water partition coefficient (Wildman–Crippen LogP) is 5.33. The molecule has 0 bridgehead atoms. The molecule has 10 heteroatoms. The van der Waals surface area contributed by atoms with Crippen LogP contribution in [0.4, 0.5) is 0 Å². The zero-order valence-corrected chi connectivity index (χ0v) is 17.7. The molecule has 0 aromatic rings. The summed E-state index contributed by atoms with van der Waals surface area (Å²) < 4.78 is 56.1. The first-order valence-corrected chi connectivity index (χ1v) is 11.9. The van der Waals surface area contributed by atoms with Crippen molar-refractivity contribution in [1.82, 2.24) is 0 Å². The lowest BCUT2D eigenvalue weighted by molar-refractivity contribution is 0.0933. The lowest BCUT2D eigenvalue weighted by Gasteiger charge is -2.19. The van der Waals surface area contributed by atoms with Crippen LogP contribution >= 0.6 is 15.6 Å². The average molecular weight is 404 g/mol. The first-order chi connectivity index (χ1) is 11.9. The van der Waals surface area contributed by atoms with Gasteiger partial charge >= 0.3 is 15.6 Å². The molecule has 0 aliphatic heterocycles. The second kappa shape index (κ2) is 15.3. The van der Waals surface area contributed by atoms with E-state index in [1.807, 2.05) is 27.7 Å². The maximum absolute atomic E-state index is 12.4. The highest BCUT2D eigenvalue weighted by molar-refractivity contribution is 7.48. The molecule has 0 aliphatic rings. The van der Waals surface area contributed by atoms with Crippen LogP contribution in [0.25, 0.3) is 0 Å². The van der Waals surface area contributed by atoms with E-state index >= 15 is 0 Å². The van der Waals surface area contributed by atoms with Gasteiger partial charge < -0.3 is 0 Å². The lowest BCUT2D eigenvalue weighted by atomic mass is 10.5. The van der Waals surface area contributed by atoms with Crippen LogP contribution in [0.2, 0.25) is 0 Å². The van der Waals surface area contributed by atoms with Gasteiger partial charge in [0.15, 0.2) is 0 Å². The van der Waals surface area contributed by atoms with E-state index in [1.54, 1.807) is 0 Å². The molecule has 0 saturated carbocycles. The summed E-state index contributed by atoms with van der Waals surface area (Å²) in [6.07, 6.45) is 3.18. The van der Waals surface area contributed by atoms with Crippen LogP contribution in [0.3, 0.4) is 0 Å². The van der Waals surface area contributed by atoms with Crippen molar-refractivity contribution < 1.29 is 36.3 Å². The molecule has 0 saturated heterocycles. The van der Waals surface area contributed by atoms with E-state index in [0.29, 0.717) is 58.5 Å². The van der Waals surface area contributed by atoms with Gasteiger partial charge in [-0.25, -0.2) is 9.13 Å². The SMILES string of the molecule is CCCOP(=O)(OCCC)OCCCOP(=O)(OCCC)OCCC. The molecular formula is C15H34O8P2. The monoisotopic (exact) mass is 404 g/mol. The second-order valence-electron chi connectivity index (χ2n) is 5.25. The molecule has 0 heterocycles. The van der Waals surface area contributed by atoms with E-state index in [0.717, 1.165) is 0 Å². The third-order valence-corrected chi connectivity index (χ3v) is 5.59. The molecule has 0 fully saturated rings. The van der Waals surface area contributed by atoms with Gasteiger partial charge in [-0.05, 0) is 32.1 Å². The summed E-state index contributed by atoms with van der Waals surface area (Å²) in [5.74, 6) is 0. The van der Waals surface area contributed by atoms with Crippen molar-refractivity contribution in [1.29, 1.82) is 0 Å². The van der Waals surface area contributed by atoms with Crippen molar-refractivity contribution in [3.05, 3.63) is 0 Å². The first-order valence-electron chi connectivity index (χ1n) is 9.02. The van der Waals surface area contributed by atoms with Gasteiger partial charge in [-0.1, -0.05) is 27.7 Å². The van der Waals surface area contributed by atoms with E-state index in [9.17, 15) is 9.13 Å². The summed E-state index contributed by atoms with van der Waals surface area (Å²) in [6.45, 7) is 8.97. The third-order valence-electron chi connectivity index (χ3n) is 2.60. The Bertz CT molecular complexity index is 345. The van der Waals surface area contributed by atoms with Crippen LogP contribution in [-0.2, 0) is 36.3 Å². The lowest BCUT2D eigenvalue weighted by Crippen LogP contribution is -2.07. The largest absolute Gasteiger partial charge is 0.474 e. The Labute approximate surface area is 152 Å². The Morgan fingerprint density at radius 3 is 0.960 bits per heavy atom. The van der Waals surface area contributed by atoms with Crippen molar-refractivity contribution in [2.45, 2.75) is 59.8 Å². The minimum absolute atomic E-state index is 0.0895. The molecule has 8 nitrogen and oxygen atoms in total. The fourth-order valence-electron chi connectivity index (χ4n) is 1.45. The molecule has 25 heavy (non-hydrogen) atoms. The van der Waals surface area contributed by atoms with Crippen molar-refractivity contribution in [2.24, 2.45) is 0 Å². The number of phosphoric acid groups is 2. The van der Waals surface area contributed by atoms with Crippen LogP contribution in [0, 0.1) is 0 Å². The molecule has 0 unspecified atom stereocenters. The molecule has 0 radical (unpaired) electrons. The molecule has 0 aliphatic carbocycles. The van der Waals surface area contributed by atoms with Crippen LogP contribution in [0.5, 0.6) is 0 Å². The molecule has 152 valence electrons. The minimum Gasteiger partial charge on any atom is -0.287 e. The number of phosphoric ester groups is 2. The highest BCUT2D eigenvalue weighted by Gasteiger charge is 2.28. The molecule has 0 rings (SSSR count). The fourth-order valence-corrected chi connectivity index (χ4v) is 4.22. The third kappa shape index (κ3) is 13.1. The Morgan fingerprint density at radius 1 is 0.480 bits per heavy atom. The van der Waals surface area contributed by atoms with Crippen LogP contribution in [-0.4, -0.2) is 39.6 Å². The smallest absolute Gasteiger partial charge is 0.287 e. The van der Waals surface area contributed by atoms with Crippen LogP contribution < -0.4 is 0 Å². The van der Waals surface area contributed by atoms with Gasteiger partial charge in [-0.2, -0.15) is 0 Å². The molecule has 0 atom stereocenters. The fraction of sp³-hybridized carbons (Fsp3) is 1.00. The van der Waals surface area contributed by atoms with Crippen molar-refractivity contribution in [3.63, 3.8) is 0 Å². The maximum atomic E-state index is 12.4. The number of hydrogen-bond donors (Lipinski definition) is 0. The molecule has 0 spiro atoms. The van der Waals surface area contributed by atoms with Crippen LogP contribution in [0.15, 0.2) is 0 Å². The summed E-state index contributed by atoms with van der Waals surface area (Å²) in [5, 5.41) is 0. The summed E-state index contributed by atoms with van der Waals surface area (Å²) >= 11 is 0. The van der Waals surface area contributed by atoms with E-state index in [4.69, 9.17) is 27.1 Å². The molecule has 0 aromatic heterocycles. The van der Waals surface area contributed by atoms with Gasteiger partial charge in [0.05, 0.1) is 39.6 Å². The highest BCUT2D eigenvalue weighted by Crippen LogP contribution is 2.51. The second-order valence-corrected chi connectivity index (χ2v) is 8.59. The predicted molar refractivity (Wildman–Crippen MR) is 96.7 cm³/mol. The Balaban J connectivity index is 4.26. The minimum atomic E-state index is -3.56. The van der Waals surface area contributed by atoms with Gasteiger partial charge in [0.25, 0.3) is 0 Å². The van der Waals surface area contributed by atoms with E-state index < -0.39 is 15.6 Å². The van der Waals surface area contributed by atoms with Gasteiger partial charge in [0.1, 0.15) is 0 Å². The molecular weight excluding hydrogens is 370 g/mol. The summed E-state index contributed by atoms with van der Waals surface area (Å²) in [4.78, 5) is 0. The molecule has 0 aromatic carbocycles. The first kappa shape index (κ1) is 25.2. The Morgan fingerprint density at radius 2 is 0.720 bits per heavy atom. The Hall–Kier alpha value is 0.220. The van der Waals surface area contributed by atoms with Crippen molar-refractivity contribution >= 4 is 15.6 Å². The normalized spacial score (nSPS) is 12.6. The van der Waals surface area contributed by atoms with Crippen molar-refractivity contribution in [3.8, 4) is 0 Å². The summed E-state index contributed by atoms with van der Waals surface area (Å²) in [5.41, 5.74) is 0.